The minimum atomic E-state index is -3.23. The summed E-state index contributed by atoms with van der Waals surface area (Å²) in [6, 6.07) is 4.40. The highest BCUT2D eigenvalue weighted by atomic mass is 19.3. The van der Waals surface area contributed by atoms with Crippen LogP contribution in [0.15, 0.2) is 18.2 Å². The molecular weight excluding hydrogens is 195 g/mol. The van der Waals surface area contributed by atoms with Gasteiger partial charge in [-0.3, -0.25) is 4.79 Å². The molecule has 0 atom stereocenters. The summed E-state index contributed by atoms with van der Waals surface area (Å²) in [6.07, 6.45) is -3.23. The predicted molar refractivity (Wildman–Crippen MR) is 41.4 cm³/mol. The molecule has 0 aliphatic heterocycles. The average Bonchev–Trinajstić information content (AvgIpc) is 2.16. The molecule has 0 heterocycles. The molecule has 0 amide bonds. The molecule has 1 aromatic rings. The molecule has 0 fully saturated rings. The van der Waals surface area contributed by atoms with Crippen molar-refractivity contribution in [3.8, 4) is 6.07 Å². The number of Topliss-reactive ketones (excluding diaryl/α,β-unsaturated/α-hetero) is 1. The SMILES string of the molecule is N#Cc1c(F)cccc1C(=O)C(F)F. The number of nitrogens with zero attached hydrogens (tertiary/aromatic N) is 1. The highest BCUT2D eigenvalue weighted by Crippen LogP contribution is 2.15. The van der Waals surface area contributed by atoms with E-state index in [1.165, 1.54) is 6.07 Å². The van der Waals surface area contributed by atoms with Crippen LogP contribution in [0, 0.1) is 17.1 Å². The summed E-state index contributed by atoms with van der Waals surface area (Å²) in [6.45, 7) is 0. The molecule has 0 saturated carbocycles. The molecular formula is C9H4F3NO. The van der Waals surface area contributed by atoms with E-state index in [-0.39, 0.29) is 0 Å². The van der Waals surface area contributed by atoms with Crippen LogP contribution in [0.5, 0.6) is 0 Å². The Kier molecular flexibility index (Phi) is 2.87. The number of carbonyl (C=O) groups excluding carboxylic acids is 1. The molecule has 0 unspecified atom stereocenters. The lowest BCUT2D eigenvalue weighted by molar-refractivity contribution is 0.0678. The van der Waals surface area contributed by atoms with Crippen molar-refractivity contribution in [2.45, 2.75) is 6.43 Å². The molecule has 1 rings (SSSR count). The quantitative estimate of drug-likeness (QED) is 0.684. The standard InChI is InChI=1S/C9H4F3NO/c10-7-3-1-2-5(6(7)4-13)8(14)9(11)12/h1-3,9H. The Morgan fingerprint density at radius 3 is 2.57 bits per heavy atom. The van der Waals surface area contributed by atoms with Gasteiger partial charge in [-0.15, -0.1) is 0 Å². The molecule has 5 heteroatoms. The Hall–Kier alpha value is -1.83. The zero-order valence-electron chi connectivity index (χ0n) is 6.80. The first-order chi connectivity index (χ1) is 6.57. The van der Waals surface area contributed by atoms with Crippen molar-refractivity contribution >= 4 is 5.78 Å². The number of carbonyl (C=O) groups is 1. The lowest BCUT2D eigenvalue weighted by Gasteiger charge is -2.02. The van der Waals surface area contributed by atoms with E-state index < -0.39 is 29.2 Å². The van der Waals surface area contributed by atoms with Crippen molar-refractivity contribution < 1.29 is 18.0 Å². The largest absolute Gasteiger partial charge is 0.300 e. The summed E-state index contributed by atoms with van der Waals surface area (Å²) in [4.78, 5) is 10.8. The molecule has 1 aromatic carbocycles. The minimum absolute atomic E-state index is 0.581. The summed E-state index contributed by atoms with van der Waals surface area (Å²) in [5.74, 6) is -2.51. The van der Waals surface area contributed by atoms with Crippen LogP contribution in [0.1, 0.15) is 15.9 Å². The molecule has 0 aliphatic rings. The third-order valence-electron chi connectivity index (χ3n) is 1.59. The summed E-state index contributed by atoms with van der Waals surface area (Å²) >= 11 is 0. The van der Waals surface area contributed by atoms with Gasteiger partial charge in [0.15, 0.2) is 0 Å². The Morgan fingerprint density at radius 1 is 1.43 bits per heavy atom. The van der Waals surface area contributed by atoms with Gasteiger partial charge in [-0.25, -0.2) is 13.2 Å². The summed E-state index contributed by atoms with van der Waals surface area (Å²) in [5.41, 5.74) is -1.22. The smallest absolute Gasteiger partial charge is 0.288 e. The molecule has 0 radical (unpaired) electrons. The molecule has 2 nitrogen and oxygen atoms in total. The summed E-state index contributed by atoms with van der Waals surface area (Å²) in [7, 11) is 0. The van der Waals surface area contributed by atoms with Gasteiger partial charge in [0.2, 0.25) is 5.78 Å². The molecule has 0 N–H and O–H groups in total. The van der Waals surface area contributed by atoms with Crippen molar-refractivity contribution in [2.24, 2.45) is 0 Å². The third kappa shape index (κ3) is 1.74. The molecule has 0 bridgehead atoms. The van der Waals surface area contributed by atoms with E-state index in [9.17, 15) is 18.0 Å². The van der Waals surface area contributed by atoms with Crippen molar-refractivity contribution in [3.63, 3.8) is 0 Å². The fourth-order valence-electron chi connectivity index (χ4n) is 0.961. The van der Waals surface area contributed by atoms with Gasteiger partial charge in [0.1, 0.15) is 11.9 Å². The molecule has 0 saturated heterocycles. The van der Waals surface area contributed by atoms with Crippen LogP contribution in [0.25, 0.3) is 0 Å². The number of rotatable bonds is 2. The van der Waals surface area contributed by atoms with Crippen molar-refractivity contribution in [1.82, 2.24) is 0 Å². The van der Waals surface area contributed by atoms with Gasteiger partial charge in [-0.2, -0.15) is 5.26 Å². The van der Waals surface area contributed by atoms with Gasteiger partial charge in [0.05, 0.1) is 5.56 Å². The van der Waals surface area contributed by atoms with E-state index in [0.29, 0.717) is 0 Å². The van der Waals surface area contributed by atoms with Gasteiger partial charge in [-0.1, -0.05) is 6.07 Å². The molecule has 0 aliphatic carbocycles. The van der Waals surface area contributed by atoms with E-state index in [2.05, 4.69) is 0 Å². The van der Waals surface area contributed by atoms with Crippen molar-refractivity contribution in [1.29, 1.82) is 5.26 Å². The van der Waals surface area contributed by atoms with Gasteiger partial charge in [0, 0.05) is 5.56 Å². The maximum Gasteiger partial charge on any atom is 0.300 e. The van der Waals surface area contributed by atoms with E-state index in [0.717, 1.165) is 18.2 Å². The lowest BCUT2D eigenvalue weighted by atomic mass is 10.0. The van der Waals surface area contributed by atoms with Crippen LogP contribution in [-0.4, -0.2) is 12.2 Å². The van der Waals surface area contributed by atoms with Gasteiger partial charge in [0.25, 0.3) is 0 Å². The number of hydrogen-bond acceptors (Lipinski definition) is 2. The Labute approximate surface area is 77.6 Å². The zero-order valence-corrected chi connectivity index (χ0v) is 6.80. The third-order valence-corrected chi connectivity index (χ3v) is 1.59. The summed E-state index contributed by atoms with van der Waals surface area (Å²) in [5, 5.41) is 8.44. The second-order valence-corrected chi connectivity index (χ2v) is 2.44. The number of alkyl halides is 2. The maximum atomic E-state index is 12.9. The first-order valence-electron chi connectivity index (χ1n) is 3.59. The number of nitriles is 1. The second-order valence-electron chi connectivity index (χ2n) is 2.44. The predicted octanol–water partition coefficient (Wildman–Crippen LogP) is 2.15. The highest BCUT2D eigenvalue weighted by Gasteiger charge is 2.22. The average molecular weight is 199 g/mol. The molecule has 0 aromatic heterocycles. The highest BCUT2D eigenvalue weighted by molar-refractivity contribution is 6.00. The number of ketones is 1. The van der Waals surface area contributed by atoms with E-state index in [1.54, 1.807) is 0 Å². The Morgan fingerprint density at radius 2 is 2.07 bits per heavy atom. The van der Waals surface area contributed by atoms with Gasteiger partial charge in [-0.05, 0) is 12.1 Å². The van der Waals surface area contributed by atoms with Crippen LogP contribution >= 0.6 is 0 Å². The van der Waals surface area contributed by atoms with E-state index >= 15 is 0 Å². The van der Waals surface area contributed by atoms with Crippen LogP contribution in [0.3, 0.4) is 0 Å². The molecule has 14 heavy (non-hydrogen) atoms. The van der Waals surface area contributed by atoms with Crippen molar-refractivity contribution in [3.05, 3.63) is 35.1 Å². The number of halogens is 3. The monoisotopic (exact) mass is 199 g/mol. The van der Waals surface area contributed by atoms with E-state index in [1.807, 2.05) is 0 Å². The number of benzene rings is 1. The molecule has 72 valence electrons. The lowest BCUT2D eigenvalue weighted by Crippen LogP contribution is -2.12. The van der Waals surface area contributed by atoms with Crippen LogP contribution in [0.4, 0.5) is 13.2 Å². The number of hydrogen-bond donors (Lipinski definition) is 0. The normalized spacial score (nSPS) is 9.93. The van der Waals surface area contributed by atoms with Crippen LogP contribution in [-0.2, 0) is 0 Å². The van der Waals surface area contributed by atoms with Crippen molar-refractivity contribution in [2.75, 3.05) is 0 Å². The first kappa shape index (κ1) is 10.3. The summed E-state index contributed by atoms with van der Waals surface area (Å²) < 4.78 is 36.8. The minimum Gasteiger partial charge on any atom is -0.288 e. The van der Waals surface area contributed by atoms with Gasteiger partial charge >= 0.3 is 6.43 Å². The Balaban J connectivity index is 3.29. The maximum absolute atomic E-state index is 12.9. The fourth-order valence-corrected chi connectivity index (χ4v) is 0.961. The second kappa shape index (κ2) is 3.92. The molecule has 0 spiro atoms. The zero-order chi connectivity index (χ0) is 10.7. The van der Waals surface area contributed by atoms with Crippen LogP contribution in [0.2, 0.25) is 0 Å². The van der Waals surface area contributed by atoms with Crippen LogP contribution < -0.4 is 0 Å². The Bertz CT molecular complexity index is 409. The topological polar surface area (TPSA) is 40.9 Å². The first-order valence-corrected chi connectivity index (χ1v) is 3.59. The fraction of sp³-hybridized carbons (Fsp3) is 0.111. The van der Waals surface area contributed by atoms with Gasteiger partial charge < -0.3 is 0 Å². The van der Waals surface area contributed by atoms with E-state index in [4.69, 9.17) is 5.26 Å².